The Morgan fingerprint density at radius 3 is 3.00 bits per heavy atom. The van der Waals surface area contributed by atoms with E-state index in [1.165, 1.54) is 6.33 Å². The second-order valence-corrected chi connectivity index (χ2v) is 3.68. The van der Waals surface area contributed by atoms with Gasteiger partial charge in [-0.3, -0.25) is 9.78 Å². The number of rotatable bonds is 4. The molecule has 8 heteroatoms. The van der Waals surface area contributed by atoms with Gasteiger partial charge in [-0.2, -0.15) is 4.98 Å². The predicted octanol–water partition coefficient (Wildman–Crippen LogP) is -1.22. The molecule has 0 fully saturated rings. The first-order valence-electron chi connectivity index (χ1n) is 5.08. The second-order valence-electron chi connectivity index (χ2n) is 3.68. The topological polar surface area (TPSA) is 118 Å². The number of aromatic amines is 2. The molecule has 0 unspecified atom stereocenters. The number of fused-ring (bicyclic) bond motifs is 1. The van der Waals surface area contributed by atoms with Crippen LogP contribution in [-0.4, -0.2) is 50.0 Å². The average Bonchev–Trinajstić information content (AvgIpc) is 2.74. The van der Waals surface area contributed by atoms with Gasteiger partial charge in [0, 0.05) is 20.0 Å². The number of H-pyrrole nitrogens is 2. The molecule has 0 aliphatic carbocycles. The van der Waals surface area contributed by atoms with Crippen LogP contribution in [0, 0.1) is 0 Å². The minimum atomic E-state index is -1.38. The summed E-state index contributed by atoms with van der Waals surface area (Å²) in [5.74, 6) is 0.343. The number of anilines is 1. The molecule has 0 aliphatic heterocycles. The molecular formula is C9H13N5O3. The van der Waals surface area contributed by atoms with Gasteiger partial charge in [-0.25, -0.2) is 4.98 Å². The minimum Gasteiger partial charge on any atom is -0.368 e. The first-order valence-corrected chi connectivity index (χ1v) is 5.08. The van der Waals surface area contributed by atoms with E-state index in [9.17, 15) is 4.79 Å². The Kier molecular flexibility index (Phi) is 3.07. The molecule has 0 aliphatic rings. The summed E-state index contributed by atoms with van der Waals surface area (Å²) >= 11 is 0. The number of nitrogens with zero attached hydrogens (tertiary/aromatic N) is 3. The third-order valence-electron chi connectivity index (χ3n) is 2.37. The fraction of sp³-hybridized carbons (Fsp3) is 0.444. The standard InChI is InChI=1S/C9H13N5O3/c1-14(3-2-5(15)16)9-12-7-6(8(17)13-9)10-4-11-7/h4-5,15-16H,2-3H2,1H3,(H2,10,11,12,13,17). The molecule has 2 aromatic rings. The average molecular weight is 239 g/mol. The van der Waals surface area contributed by atoms with Crippen molar-refractivity contribution in [2.24, 2.45) is 0 Å². The highest BCUT2D eigenvalue weighted by molar-refractivity contribution is 5.69. The molecule has 0 bridgehead atoms. The number of aliphatic hydroxyl groups excluding tert-OH is 1. The summed E-state index contributed by atoms with van der Waals surface area (Å²) in [6.07, 6.45) is 0.186. The van der Waals surface area contributed by atoms with Gasteiger partial charge in [0.1, 0.15) is 0 Å². The van der Waals surface area contributed by atoms with Crippen LogP contribution in [0.4, 0.5) is 5.95 Å². The van der Waals surface area contributed by atoms with Crippen LogP contribution in [0.15, 0.2) is 11.1 Å². The van der Waals surface area contributed by atoms with E-state index in [2.05, 4.69) is 19.9 Å². The van der Waals surface area contributed by atoms with Crippen molar-refractivity contribution in [1.82, 2.24) is 19.9 Å². The van der Waals surface area contributed by atoms with Gasteiger partial charge in [0.2, 0.25) is 5.95 Å². The normalized spacial score (nSPS) is 11.3. The summed E-state index contributed by atoms with van der Waals surface area (Å²) < 4.78 is 0. The van der Waals surface area contributed by atoms with E-state index in [1.54, 1.807) is 11.9 Å². The van der Waals surface area contributed by atoms with Crippen molar-refractivity contribution in [2.75, 3.05) is 18.5 Å². The third-order valence-corrected chi connectivity index (χ3v) is 2.37. The Morgan fingerprint density at radius 1 is 1.53 bits per heavy atom. The zero-order valence-corrected chi connectivity index (χ0v) is 9.21. The maximum Gasteiger partial charge on any atom is 0.278 e. The van der Waals surface area contributed by atoms with Gasteiger partial charge >= 0.3 is 0 Å². The lowest BCUT2D eigenvalue weighted by atomic mass is 10.4. The van der Waals surface area contributed by atoms with Gasteiger partial charge in [0.15, 0.2) is 17.5 Å². The minimum absolute atomic E-state index is 0.165. The van der Waals surface area contributed by atoms with Crippen molar-refractivity contribution >= 4 is 17.1 Å². The first kappa shape index (κ1) is 11.6. The Bertz CT molecular complexity index is 561. The van der Waals surface area contributed by atoms with Crippen molar-refractivity contribution in [3.63, 3.8) is 0 Å². The zero-order chi connectivity index (χ0) is 12.4. The van der Waals surface area contributed by atoms with Crippen molar-refractivity contribution < 1.29 is 10.2 Å². The highest BCUT2D eigenvalue weighted by Gasteiger charge is 2.10. The van der Waals surface area contributed by atoms with Crippen molar-refractivity contribution in [3.8, 4) is 0 Å². The number of hydrogen-bond donors (Lipinski definition) is 4. The molecule has 2 rings (SSSR count). The molecule has 92 valence electrons. The maximum absolute atomic E-state index is 11.6. The summed E-state index contributed by atoms with van der Waals surface area (Å²) in [7, 11) is 1.69. The third kappa shape index (κ3) is 2.43. The monoisotopic (exact) mass is 239 g/mol. The van der Waals surface area contributed by atoms with Gasteiger partial charge in [0.25, 0.3) is 5.56 Å². The zero-order valence-electron chi connectivity index (χ0n) is 9.21. The quantitative estimate of drug-likeness (QED) is 0.497. The summed E-state index contributed by atoms with van der Waals surface area (Å²) in [5.41, 5.74) is 0.350. The Balaban J connectivity index is 2.26. The molecule has 0 amide bonds. The van der Waals surface area contributed by atoms with Crippen molar-refractivity contribution in [1.29, 1.82) is 0 Å². The number of nitrogens with one attached hydrogen (secondary N) is 2. The van der Waals surface area contributed by atoms with Crippen LogP contribution < -0.4 is 10.5 Å². The lowest BCUT2D eigenvalue weighted by Gasteiger charge is -2.17. The Morgan fingerprint density at radius 2 is 2.29 bits per heavy atom. The fourth-order valence-electron chi connectivity index (χ4n) is 1.43. The Hall–Kier alpha value is -1.93. The number of aliphatic hydroxyl groups is 2. The lowest BCUT2D eigenvalue weighted by Crippen LogP contribution is -2.26. The molecule has 0 spiro atoms. The van der Waals surface area contributed by atoms with Crippen LogP contribution in [0.25, 0.3) is 11.2 Å². The van der Waals surface area contributed by atoms with E-state index in [4.69, 9.17) is 10.2 Å². The SMILES string of the molecule is CN(CCC(O)O)c1nc2nc[nH]c2c(=O)[nH]1. The first-order chi connectivity index (χ1) is 8.08. The molecule has 0 aromatic carbocycles. The molecule has 0 saturated carbocycles. The molecule has 17 heavy (non-hydrogen) atoms. The number of hydrogen-bond acceptors (Lipinski definition) is 6. The van der Waals surface area contributed by atoms with Gasteiger partial charge in [-0.1, -0.05) is 0 Å². The van der Waals surface area contributed by atoms with Crippen LogP contribution in [0.5, 0.6) is 0 Å². The molecular weight excluding hydrogens is 226 g/mol. The predicted molar refractivity (Wildman–Crippen MR) is 60.6 cm³/mol. The molecule has 8 nitrogen and oxygen atoms in total. The maximum atomic E-state index is 11.6. The highest BCUT2D eigenvalue weighted by Crippen LogP contribution is 2.07. The van der Waals surface area contributed by atoms with E-state index in [0.29, 0.717) is 23.7 Å². The highest BCUT2D eigenvalue weighted by atomic mass is 16.5. The van der Waals surface area contributed by atoms with E-state index in [1.807, 2.05) is 0 Å². The smallest absolute Gasteiger partial charge is 0.278 e. The number of imidazole rings is 1. The lowest BCUT2D eigenvalue weighted by molar-refractivity contribution is -0.0432. The van der Waals surface area contributed by atoms with Crippen molar-refractivity contribution in [3.05, 3.63) is 16.7 Å². The molecule has 0 atom stereocenters. The molecule has 2 aromatic heterocycles. The van der Waals surface area contributed by atoms with E-state index >= 15 is 0 Å². The molecule has 0 saturated heterocycles. The second kappa shape index (κ2) is 4.52. The fourth-order valence-corrected chi connectivity index (χ4v) is 1.43. The van der Waals surface area contributed by atoms with Crippen LogP contribution in [0.3, 0.4) is 0 Å². The summed E-state index contributed by atoms with van der Waals surface area (Å²) in [5, 5.41) is 17.5. The summed E-state index contributed by atoms with van der Waals surface area (Å²) in [4.78, 5) is 26.5. The molecule has 2 heterocycles. The van der Waals surface area contributed by atoms with E-state index in [0.717, 1.165) is 0 Å². The van der Waals surface area contributed by atoms with E-state index in [-0.39, 0.29) is 12.0 Å². The van der Waals surface area contributed by atoms with Crippen LogP contribution >= 0.6 is 0 Å². The van der Waals surface area contributed by atoms with Gasteiger partial charge in [-0.05, 0) is 0 Å². The van der Waals surface area contributed by atoms with Crippen LogP contribution in [0.1, 0.15) is 6.42 Å². The molecule has 0 radical (unpaired) electrons. The van der Waals surface area contributed by atoms with Gasteiger partial charge < -0.3 is 20.1 Å². The van der Waals surface area contributed by atoms with Gasteiger partial charge in [-0.15, -0.1) is 0 Å². The summed E-state index contributed by atoms with van der Waals surface area (Å²) in [6, 6.07) is 0. The van der Waals surface area contributed by atoms with Crippen LogP contribution in [0.2, 0.25) is 0 Å². The van der Waals surface area contributed by atoms with Crippen LogP contribution in [-0.2, 0) is 0 Å². The van der Waals surface area contributed by atoms with E-state index < -0.39 is 6.29 Å². The largest absolute Gasteiger partial charge is 0.368 e. The van der Waals surface area contributed by atoms with Crippen molar-refractivity contribution in [2.45, 2.75) is 12.7 Å². The number of aromatic nitrogens is 4. The molecule has 4 N–H and O–H groups in total. The Labute approximate surface area is 96.0 Å². The summed E-state index contributed by atoms with van der Waals surface area (Å²) in [6.45, 7) is 0.358. The van der Waals surface area contributed by atoms with Gasteiger partial charge in [0.05, 0.1) is 6.33 Å².